The number of nitrogens with two attached hydrogens (primary N) is 1. The molecule has 2 unspecified atom stereocenters. The van der Waals surface area contributed by atoms with E-state index in [4.69, 9.17) is 10.5 Å². The van der Waals surface area contributed by atoms with Gasteiger partial charge < -0.3 is 15.8 Å². The van der Waals surface area contributed by atoms with Crippen LogP contribution < -0.4 is 15.8 Å². The summed E-state index contributed by atoms with van der Waals surface area (Å²) in [5, 5.41) is 2.88. The molecule has 3 N–H and O–H groups in total. The summed E-state index contributed by atoms with van der Waals surface area (Å²) >= 11 is 0. The first-order chi connectivity index (χ1) is 9.85. The van der Waals surface area contributed by atoms with E-state index in [1.165, 1.54) is 12.1 Å². The fraction of sp³-hybridized carbons (Fsp3) is 0.562. The van der Waals surface area contributed by atoms with Gasteiger partial charge in [-0.15, -0.1) is 0 Å². The third-order valence-electron chi connectivity index (χ3n) is 3.25. The lowest BCUT2D eigenvalue weighted by Crippen LogP contribution is -2.41. The van der Waals surface area contributed by atoms with E-state index in [0.717, 1.165) is 12.8 Å². The van der Waals surface area contributed by atoms with Crippen molar-refractivity contribution >= 4 is 5.91 Å². The molecule has 0 heterocycles. The smallest absolute Gasteiger partial charge is 0.260 e. The Labute approximate surface area is 125 Å². The van der Waals surface area contributed by atoms with Crippen LogP contribution >= 0.6 is 0 Å². The standard InChI is InChI=1S/C16H25FN2O2/c1-5-6-10(2)19-16(20)12(4)21-15-9-13(17)7-8-14(15)11(3)18/h7-12H,5-6,18H2,1-4H3,(H,19,20)/t10?,11-,12?/m1/s1. The first-order valence-corrected chi connectivity index (χ1v) is 7.37. The molecule has 0 bridgehead atoms. The van der Waals surface area contributed by atoms with Crippen molar-refractivity contribution in [3.8, 4) is 5.75 Å². The predicted octanol–water partition coefficient (Wildman–Crippen LogP) is 2.92. The van der Waals surface area contributed by atoms with Crippen LogP contribution in [0.15, 0.2) is 18.2 Å². The van der Waals surface area contributed by atoms with Crippen LogP contribution in [0.3, 0.4) is 0 Å². The molecule has 0 aliphatic carbocycles. The van der Waals surface area contributed by atoms with Crippen LogP contribution in [-0.4, -0.2) is 18.1 Å². The van der Waals surface area contributed by atoms with Crippen LogP contribution in [0, 0.1) is 5.82 Å². The number of halogens is 1. The van der Waals surface area contributed by atoms with E-state index < -0.39 is 11.9 Å². The minimum atomic E-state index is -0.705. The van der Waals surface area contributed by atoms with Gasteiger partial charge in [-0.25, -0.2) is 4.39 Å². The molecule has 0 saturated carbocycles. The second-order valence-electron chi connectivity index (χ2n) is 5.43. The Morgan fingerprint density at radius 3 is 2.62 bits per heavy atom. The number of hydrogen-bond donors (Lipinski definition) is 2. The van der Waals surface area contributed by atoms with Gasteiger partial charge in [-0.3, -0.25) is 4.79 Å². The van der Waals surface area contributed by atoms with Gasteiger partial charge in [-0.05, 0) is 33.3 Å². The van der Waals surface area contributed by atoms with Gasteiger partial charge in [-0.2, -0.15) is 0 Å². The zero-order chi connectivity index (χ0) is 16.0. The van der Waals surface area contributed by atoms with E-state index in [9.17, 15) is 9.18 Å². The Bertz CT molecular complexity index is 477. The maximum absolute atomic E-state index is 13.4. The van der Waals surface area contributed by atoms with Crippen molar-refractivity contribution in [2.24, 2.45) is 5.73 Å². The highest BCUT2D eigenvalue weighted by molar-refractivity contribution is 5.81. The Balaban J connectivity index is 2.76. The van der Waals surface area contributed by atoms with Crippen LogP contribution in [-0.2, 0) is 4.79 Å². The third kappa shape index (κ3) is 5.34. The van der Waals surface area contributed by atoms with E-state index in [1.807, 2.05) is 6.92 Å². The number of carbonyl (C=O) groups is 1. The highest BCUT2D eigenvalue weighted by Gasteiger charge is 2.19. The maximum Gasteiger partial charge on any atom is 0.260 e. The Kier molecular flexibility index (Phi) is 6.62. The predicted molar refractivity (Wildman–Crippen MR) is 81.6 cm³/mol. The SMILES string of the molecule is CCCC(C)NC(=O)C(C)Oc1cc(F)ccc1[C@@H](C)N. The van der Waals surface area contributed by atoms with Crippen LogP contribution in [0.5, 0.6) is 5.75 Å². The molecular weight excluding hydrogens is 271 g/mol. The largest absolute Gasteiger partial charge is 0.480 e. The van der Waals surface area contributed by atoms with Crippen LogP contribution in [0.1, 0.15) is 52.1 Å². The zero-order valence-electron chi connectivity index (χ0n) is 13.2. The first kappa shape index (κ1) is 17.4. The van der Waals surface area contributed by atoms with Gasteiger partial charge in [0.2, 0.25) is 0 Å². The molecule has 1 aromatic carbocycles. The molecule has 3 atom stereocenters. The number of hydrogen-bond acceptors (Lipinski definition) is 3. The van der Waals surface area contributed by atoms with Crippen molar-refractivity contribution in [1.29, 1.82) is 0 Å². The van der Waals surface area contributed by atoms with Gasteiger partial charge in [0.1, 0.15) is 11.6 Å². The number of rotatable bonds is 7. The van der Waals surface area contributed by atoms with Crippen molar-refractivity contribution in [2.45, 2.75) is 58.7 Å². The summed E-state index contributed by atoms with van der Waals surface area (Å²) in [5.41, 5.74) is 6.51. The van der Waals surface area contributed by atoms with Gasteiger partial charge >= 0.3 is 0 Å². The van der Waals surface area contributed by atoms with Crippen molar-refractivity contribution in [3.05, 3.63) is 29.6 Å². The average Bonchev–Trinajstić information content (AvgIpc) is 2.38. The Morgan fingerprint density at radius 2 is 2.05 bits per heavy atom. The van der Waals surface area contributed by atoms with E-state index in [-0.39, 0.29) is 18.0 Å². The van der Waals surface area contributed by atoms with Crippen molar-refractivity contribution in [2.75, 3.05) is 0 Å². The second kappa shape index (κ2) is 7.98. The number of amides is 1. The maximum atomic E-state index is 13.4. The third-order valence-corrected chi connectivity index (χ3v) is 3.25. The molecule has 4 nitrogen and oxygen atoms in total. The van der Waals surface area contributed by atoms with E-state index >= 15 is 0 Å². The molecule has 0 aliphatic rings. The van der Waals surface area contributed by atoms with Gasteiger partial charge in [0.25, 0.3) is 5.91 Å². The first-order valence-electron chi connectivity index (χ1n) is 7.37. The normalized spacial score (nSPS) is 15.1. The number of nitrogens with one attached hydrogen (secondary N) is 1. The summed E-state index contributed by atoms with van der Waals surface area (Å²) in [5.74, 6) is -0.312. The zero-order valence-corrected chi connectivity index (χ0v) is 13.2. The molecular formula is C16H25FN2O2. The molecule has 1 amide bonds. The van der Waals surface area contributed by atoms with Gasteiger partial charge in [0, 0.05) is 23.7 Å². The fourth-order valence-corrected chi connectivity index (χ4v) is 2.10. The summed E-state index contributed by atoms with van der Waals surface area (Å²) < 4.78 is 18.9. The highest BCUT2D eigenvalue weighted by atomic mass is 19.1. The van der Waals surface area contributed by atoms with E-state index in [1.54, 1.807) is 19.9 Å². The van der Waals surface area contributed by atoms with Crippen molar-refractivity contribution in [1.82, 2.24) is 5.32 Å². The molecule has 0 fully saturated rings. The second-order valence-corrected chi connectivity index (χ2v) is 5.43. The van der Waals surface area contributed by atoms with E-state index in [2.05, 4.69) is 12.2 Å². The molecule has 21 heavy (non-hydrogen) atoms. The summed E-state index contributed by atoms with van der Waals surface area (Å²) in [6.07, 6.45) is 1.20. The number of ether oxygens (including phenoxy) is 1. The lowest BCUT2D eigenvalue weighted by molar-refractivity contribution is -0.127. The Morgan fingerprint density at radius 1 is 1.38 bits per heavy atom. The topological polar surface area (TPSA) is 64.3 Å². The molecule has 0 aromatic heterocycles. The minimum Gasteiger partial charge on any atom is -0.480 e. The molecule has 0 spiro atoms. The molecule has 118 valence electrons. The van der Waals surface area contributed by atoms with Crippen molar-refractivity contribution < 1.29 is 13.9 Å². The number of benzene rings is 1. The number of carbonyl (C=O) groups excluding carboxylic acids is 1. The molecule has 0 aliphatic heterocycles. The molecule has 1 rings (SSSR count). The summed E-state index contributed by atoms with van der Waals surface area (Å²) in [6, 6.07) is 3.97. The van der Waals surface area contributed by atoms with Crippen LogP contribution in [0.25, 0.3) is 0 Å². The monoisotopic (exact) mass is 296 g/mol. The summed E-state index contributed by atoms with van der Waals surface area (Å²) in [6.45, 7) is 7.44. The van der Waals surface area contributed by atoms with Crippen LogP contribution in [0.4, 0.5) is 4.39 Å². The Hall–Kier alpha value is -1.62. The molecule has 1 aromatic rings. The van der Waals surface area contributed by atoms with Gasteiger partial charge in [0.05, 0.1) is 0 Å². The molecule has 0 radical (unpaired) electrons. The lowest BCUT2D eigenvalue weighted by atomic mass is 10.1. The quantitative estimate of drug-likeness (QED) is 0.813. The highest BCUT2D eigenvalue weighted by Crippen LogP contribution is 2.25. The summed E-state index contributed by atoms with van der Waals surface area (Å²) in [7, 11) is 0. The van der Waals surface area contributed by atoms with Gasteiger partial charge in [0.15, 0.2) is 6.10 Å². The lowest BCUT2D eigenvalue weighted by Gasteiger charge is -2.20. The molecule has 5 heteroatoms. The fourth-order valence-electron chi connectivity index (χ4n) is 2.10. The molecule has 0 saturated heterocycles. The average molecular weight is 296 g/mol. The van der Waals surface area contributed by atoms with Crippen molar-refractivity contribution in [3.63, 3.8) is 0 Å². The van der Waals surface area contributed by atoms with Crippen LogP contribution in [0.2, 0.25) is 0 Å². The minimum absolute atomic E-state index is 0.0916. The van der Waals surface area contributed by atoms with E-state index in [0.29, 0.717) is 11.3 Å². The summed E-state index contributed by atoms with van der Waals surface area (Å²) in [4.78, 5) is 12.0. The van der Waals surface area contributed by atoms with Gasteiger partial charge in [-0.1, -0.05) is 19.4 Å².